The van der Waals surface area contributed by atoms with Gasteiger partial charge in [0.2, 0.25) is 0 Å². The molecule has 0 radical (unpaired) electrons. The zero-order chi connectivity index (χ0) is 15.2. The molecule has 2 N–H and O–H groups in total. The van der Waals surface area contributed by atoms with Crippen molar-refractivity contribution in [3.8, 4) is 5.75 Å². The second kappa shape index (κ2) is 7.43. The largest absolute Gasteiger partial charge is 0.491 e. The van der Waals surface area contributed by atoms with Crippen LogP contribution in [0.4, 0.5) is 10.1 Å². The Bertz CT molecular complexity index is 589. The van der Waals surface area contributed by atoms with Gasteiger partial charge >= 0.3 is 0 Å². The van der Waals surface area contributed by atoms with Gasteiger partial charge in [-0.3, -0.25) is 0 Å². The van der Waals surface area contributed by atoms with Crippen LogP contribution in [0.5, 0.6) is 5.75 Å². The Morgan fingerprint density at radius 2 is 1.95 bits per heavy atom. The van der Waals surface area contributed by atoms with E-state index in [9.17, 15) is 9.50 Å². The summed E-state index contributed by atoms with van der Waals surface area (Å²) in [5.41, 5.74) is 2.06. The van der Waals surface area contributed by atoms with E-state index < -0.39 is 6.10 Å². The molecule has 5 heteroatoms. The number of aryl methyl sites for hydroxylation is 1. The Labute approximate surface area is 131 Å². The molecule has 0 heterocycles. The minimum absolute atomic E-state index is 0.145. The van der Waals surface area contributed by atoms with Gasteiger partial charge in [0.25, 0.3) is 0 Å². The minimum Gasteiger partial charge on any atom is -0.491 e. The molecule has 0 spiro atoms. The molecule has 2 aromatic rings. The van der Waals surface area contributed by atoms with Crippen molar-refractivity contribution in [3.05, 3.63) is 58.3 Å². The Hall–Kier alpha value is -1.59. The van der Waals surface area contributed by atoms with E-state index in [0.29, 0.717) is 12.3 Å². The van der Waals surface area contributed by atoms with E-state index in [1.807, 2.05) is 25.1 Å². The summed E-state index contributed by atoms with van der Waals surface area (Å²) in [6.45, 7) is 2.51. The Morgan fingerprint density at radius 3 is 2.67 bits per heavy atom. The predicted molar refractivity (Wildman–Crippen MR) is 85.3 cm³/mol. The van der Waals surface area contributed by atoms with Gasteiger partial charge in [0.15, 0.2) is 0 Å². The quantitative estimate of drug-likeness (QED) is 0.830. The number of halogens is 2. The first-order chi connectivity index (χ1) is 10.0. The highest BCUT2D eigenvalue weighted by molar-refractivity contribution is 9.10. The Morgan fingerprint density at radius 1 is 1.24 bits per heavy atom. The maximum atomic E-state index is 12.7. The number of aliphatic hydroxyl groups is 1. The molecular weight excluding hydrogens is 337 g/mol. The molecular formula is C16H17BrFNO2. The summed E-state index contributed by atoms with van der Waals surface area (Å²) in [6.07, 6.45) is -0.659. The molecule has 0 amide bonds. The molecule has 0 fully saturated rings. The van der Waals surface area contributed by atoms with Crippen LogP contribution in [0.1, 0.15) is 5.56 Å². The molecule has 3 nitrogen and oxygen atoms in total. The molecule has 0 aliphatic rings. The van der Waals surface area contributed by atoms with E-state index in [1.165, 1.54) is 24.3 Å². The first-order valence-corrected chi connectivity index (χ1v) is 7.40. The van der Waals surface area contributed by atoms with E-state index >= 15 is 0 Å². The van der Waals surface area contributed by atoms with Crippen molar-refractivity contribution < 1.29 is 14.2 Å². The number of hydrogen-bond acceptors (Lipinski definition) is 3. The van der Waals surface area contributed by atoms with Gasteiger partial charge in [0, 0.05) is 16.7 Å². The van der Waals surface area contributed by atoms with E-state index in [1.54, 1.807) is 0 Å². The third kappa shape index (κ3) is 5.02. The van der Waals surface area contributed by atoms with Crippen LogP contribution < -0.4 is 10.1 Å². The van der Waals surface area contributed by atoms with Crippen LogP contribution in [0.2, 0.25) is 0 Å². The third-order valence-corrected chi connectivity index (χ3v) is 3.48. The smallest absolute Gasteiger partial charge is 0.123 e. The van der Waals surface area contributed by atoms with Crippen molar-refractivity contribution in [1.82, 2.24) is 0 Å². The number of anilines is 1. The van der Waals surface area contributed by atoms with Crippen LogP contribution in [0.3, 0.4) is 0 Å². The first-order valence-electron chi connectivity index (χ1n) is 6.61. The maximum absolute atomic E-state index is 12.7. The summed E-state index contributed by atoms with van der Waals surface area (Å²) in [6, 6.07) is 11.6. The number of hydrogen-bond donors (Lipinski definition) is 2. The monoisotopic (exact) mass is 353 g/mol. The zero-order valence-electron chi connectivity index (χ0n) is 11.6. The van der Waals surface area contributed by atoms with E-state index in [-0.39, 0.29) is 12.4 Å². The molecule has 2 rings (SSSR count). The lowest BCUT2D eigenvalue weighted by Gasteiger charge is -2.15. The second-order valence-corrected chi connectivity index (χ2v) is 5.67. The lowest BCUT2D eigenvalue weighted by atomic mass is 10.2. The van der Waals surface area contributed by atoms with Gasteiger partial charge in [-0.1, -0.05) is 22.0 Å². The van der Waals surface area contributed by atoms with Crippen molar-refractivity contribution >= 4 is 21.6 Å². The fraction of sp³-hybridized carbons (Fsp3) is 0.250. The van der Waals surface area contributed by atoms with Crippen molar-refractivity contribution in [1.29, 1.82) is 0 Å². The number of ether oxygens (including phenoxy) is 1. The van der Waals surface area contributed by atoms with Crippen LogP contribution in [-0.4, -0.2) is 24.4 Å². The zero-order valence-corrected chi connectivity index (χ0v) is 13.2. The number of aliphatic hydroxyl groups excluding tert-OH is 1. The van der Waals surface area contributed by atoms with E-state index in [4.69, 9.17) is 4.74 Å². The standard InChI is InChI=1S/C16H17BrFNO2/c1-11-2-3-12(17)8-16(11)19-9-14(20)10-21-15-6-4-13(18)5-7-15/h2-8,14,19-20H,9-10H2,1H3. The molecule has 0 bridgehead atoms. The molecule has 0 aliphatic heterocycles. The van der Waals surface area contributed by atoms with Crippen LogP contribution in [0, 0.1) is 12.7 Å². The van der Waals surface area contributed by atoms with Crippen LogP contribution in [-0.2, 0) is 0 Å². The van der Waals surface area contributed by atoms with Crippen molar-refractivity contribution in [3.63, 3.8) is 0 Å². The second-order valence-electron chi connectivity index (χ2n) is 4.76. The Kier molecular flexibility index (Phi) is 5.59. The van der Waals surface area contributed by atoms with Gasteiger partial charge in [0.1, 0.15) is 24.3 Å². The van der Waals surface area contributed by atoms with E-state index in [2.05, 4.69) is 21.2 Å². The normalized spacial score (nSPS) is 12.0. The van der Waals surface area contributed by atoms with Crippen LogP contribution in [0.15, 0.2) is 46.9 Å². The van der Waals surface area contributed by atoms with Gasteiger partial charge in [-0.05, 0) is 48.9 Å². The average Bonchev–Trinajstić information content (AvgIpc) is 2.47. The highest BCUT2D eigenvalue weighted by atomic mass is 79.9. The van der Waals surface area contributed by atoms with Crippen LogP contribution >= 0.6 is 15.9 Å². The minimum atomic E-state index is -0.659. The van der Waals surface area contributed by atoms with E-state index in [0.717, 1.165) is 15.7 Å². The molecule has 1 atom stereocenters. The summed E-state index contributed by atoms with van der Waals surface area (Å²) in [7, 11) is 0. The fourth-order valence-corrected chi connectivity index (χ4v) is 2.16. The maximum Gasteiger partial charge on any atom is 0.123 e. The summed E-state index contributed by atoms with van der Waals surface area (Å²) in [4.78, 5) is 0. The van der Waals surface area contributed by atoms with Crippen molar-refractivity contribution in [2.45, 2.75) is 13.0 Å². The van der Waals surface area contributed by atoms with Gasteiger partial charge in [-0.25, -0.2) is 4.39 Å². The first kappa shape index (κ1) is 15.8. The van der Waals surface area contributed by atoms with Gasteiger partial charge in [-0.2, -0.15) is 0 Å². The summed E-state index contributed by atoms with van der Waals surface area (Å²) >= 11 is 3.41. The molecule has 112 valence electrons. The average molecular weight is 354 g/mol. The lowest BCUT2D eigenvalue weighted by molar-refractivity contribution is 0.117. The van der Waals surface area contributed by atoms with Crippen LogP contribution in [0.25, 0.3) is 0 Å². The number of benzene rings is 2. The molecule has 0 saturated carbocycles. The van der Waals surface area contributed by atoms with Gasteiger partial charge < -0.3 is 15.2 Å². The highest BCUT2D eigenvalue weighted by Crippen LogP contribution is 2.20. The molecule has 0 saturated heterocycles. The third-order valence-electron chi connectivity index (χ3n) is 2.98. The molecule has 21 heavy (non-hydrogen) atoms. The number of nitrogens with one attached hydrogen (secondary N) is 1. The molecule has 1 unspecified atom stereocenters. The fourth-order valence-electron chi connectivity index (χ4n) is 1.79. The summed E-state index contributed by atoms with van der Waals surface area (Å²) < 4.78 is 19.1. The summed E-state index contributed by atoms with van der Waals surface area (Å²) in [5, 5.41) is 13.1. The van der Waals surface area contributed by atoms with Crippen molar-refractivity contribution in [2.75, 3.05) is 18.5 Å². The molecule has 2 aromatic carbocycles. The molecule has 0 aliphatic carbocycles. The number of rotatable bonds is 6. The predicted octanol–water partition coefficient (Wildman–Crippen LogP) is 3.75. The lowest BCUT2D eigenvalue weighted by Crippen LogP contribution is -2.26. The summed E-state index contributed by atoms with van der Waals surface area (Å²) in [5.74, 6) is 0.226. The topological polar surface area (TPSA) is 41.5 Å². The van der Waals surface area contributed by atoms with Crippen molar-refractivity contribution in [2.24, 2.45) is 0 Å². The SMILES string of the molecule is Cc1ccc(Br)cc1NCC(O)COc1ccc(F)cc1. The van der Waals surface area contributed by atoms with Gasteiger partial charge in [0.05, 0.1) is 0 Å². The Balaban J connectivity index is 1.80. The molecule has 0 aromatic heterocycles. The highest BCUT2D eigenvalue weighted by Gasteiger charge is 2.07. The van der Waals surface area contributed by atoms with Gasteiger partial charge in [-0.15, -0.1) is 0 Å².